The molecule has 0 spiro atoms. The van der Waals surface area contributed by atoms with Crippen LogP contribution in [0, 0.1) is 11.3 Å². The van der Waals surface area contributed by atoms with Crippen molar-refractivity contribution in [2.24, 2.45) is 11.3 Å². The fourth-order valence-electron chi connectivity index (χ4n) is 2.44. The minimum Gasteiger partial charge on any atom is -0.351 e. The summed E-state index contributed by atoms with van der Waals surface area (Å²) in [7, 11) is 0. The van der Waals surface area contributed by atoms with E-state index in [1.807, 2.05) is 26.8 Å². The molecule has 0 aromatic rings. The molecule has 1 saturated carbocycles. The van der Waals surface area contributed by atoms with Crippen molar-refractivity contribution >= 4 is 5.91 Å². The van der Waals surface area contributed by atoms with Crippen molar-refractivity contribution < 1.29 is 4.79 Å². The molecule has 0 aliphatic heterocycles. The van der Waals surface area contributed by atoms with Gasteiger partial charge in [0.2, 0.25) is 5.91 Å². The van der Waals surface area contributed by atoms with Crippen LogP contribution in [-0.4, -0.2) is 11.4 Å². The van der Waals surface area contributed by atoms with Crippen LogP contribution in [0.3, 0.4) is 0 Å². The van der Waals surface area contributed by atoms with Crippen LogP contribution in [0.15, 0.2) is 12.7 Å². The van der Waals surface area contributed by atoms with Gasteiger partial charge in [0.05, 0.1) is 0 Å². The molecule has 0 aromatic heterocycles. The third-order valence-electron chi connectivity index (χ3n) is 3.39. The normalized spacial score (nSPS) is 30.9. The van der Waals surface area contributed by atoms with Crippen LogP contribution < -0.4 is 5.32 Å². The number of hydrogen-bond acceptors (Lipinski definition) is 1. The number of rotatable bonds is 2. The highest BCUT2D eigenvalue weighted by Crippen LogP contribution is 2.40. The fraction of sp³-hybridized carbons (Fsp3) is 0.786. The minimum absolute atomic E-state index is 0.138. The van der Waals surface area contributed by atoms with Gasteiger partial charge in [0.15, 0.2) is 0 Å². The van der Waals surface area contributed by atoms with Crippen molar-refractivity contribution in [1.29, 1.82) is 0 Å². The molecule has 0 radical (unpaired) electrons. The molecule has 1 rings (SSSR count). The third kappa shape index (κ3) is 3.36. The monoisotopic (exact) mass is 223 g/mol. The van der Waals surface area contributed by atoms with E-state index in [0.717, 1.165) is 19.3 Å². The lowest BCUT2D eigenvalue weighted by Gasteiger charge is -2.38. The molecule has 1 aliphatic carbocycles. The van der Waals surface area contributed by atoms with Crippen molar-refractivity contribution in [3.8, 4) is 0 Å². The van der Waals surface area contributed by atoms with E-state index in [1.54, 1.807) is 0 Å². The van der Waals surface area contributed by atoms with Crippen LogP contribution in [0.25, 0.3) is 0 Å². The van der Waals surface area contributed by atoms with E-state index in [4.69, 9.17) is 0 Å². The van der Waals surface area contributed by atoms with Crippen LogP contribution in [0.2, 0.25) is 0 Å². The quantitative estimate of drug-likeness (QED) is 0.715. The number of carbonyl (C=O) groups excluding carboxylic acids is 1. The van der Waals surface area contributed by atoms with Gasteiger partial charge in [-0.05, 0) is 46.0 Å². The topological polar surface area (TPSA) is 29.1 Å². The largest absolute Gasteiger partial charge is 0.351 e. The molecule has 1 N–H and O–H groups in total. The summed E-state index contributed by atoms with van der Waals surface area (Å²) in [6.45, 7) is 12.0. The lowest BCUT2D eigenvalue weighted by molar-refractivity contribution is -0.134. The van der Waals surface area contributed by atoms with Gasteiger partial charge in [-0.25, -0.2) is 0 Å². The van der Waals surface area contributed by atoms with Gasteiger partial charge in [0, 0.05) is 11.0 Å². The first-order chi connectivity index (χ1) is 7.27. The van der Waals surface area contributed by atoms with Gasteiger partial charge in [-0.15, -0.1) is 6.58 Å². The summed E-state index contributed by atoms with van der Waals surface area (Å²) >= 11 is 0. The van der Waals surface area contributed by atoms with Crippen LogP contribution >= 0.6 is 0 Å². The zero-order valence-corrected chi connectivity index (χ0v) is 11.1. The highest BCUT2D eigenvalue weighted by molar-refractivity contribution is 5.83. The first-order valence-corrected chi connectivity index (χ1v) is 6.22. The predicted octanol–water partition coefficient (Wildman–Crippen LogP) is 3.28. The Balaban J connectivity index is 2.69. The second kappa shape index (κ2) is 4.60. The van der Waals surface area contributed by atoms with E-state index in [1.165, 1.54) is 6.42 Å². The number of allylic oxidation sites excluding steroid dienone is 1. The summed E-state index contributed by atoms with van der Waals surface area (Å²) in [4.78, 5) is 12.3. The highest BCUT2D eigenvalue weighted by Gasteiger charge is 2.38. The van der Waals surface area contributed by atoms with Crippen LogP contribution in [-0.2, 0) is 4.79 Å². The number of amides is 1. The summed E-state index contributed by atoms with van der Waals surface area (Å²) in [5, 5.41) is 3.10. The third-order valence-corrected chi connectivity index (χ3v) is 3.39. The van der Waals surface area contributed by atoms with E-state index in [2.05, 4.69) is 18.8 Å². The summed E-state index contributed by atoms with van der Waals surface area (Å²) in [5.74, 6) is 0.705. The molecule has 1 aliphatic rings. The number of nitrogens with one attached hydrogen (secondary N) is 1. The molecule has 2 atom stereocenters. The predicted molar refractivity (Wildman–Crippen MR) is 68.2 cm³/mol. The summed E-state index contributed by atoms with van der Waals surface area (Å²) in [6, 6.07) is 0. The summed E-state index contributed by atoms with van der Waals surface area (Å²) in [5.41, 5.74) is -0.342. The Hall–Kier alpha value is -0.790. The van der Waals surface area contributed by atoms with E-state index in [-0.39, 0.29) is 16.9 Å². The molecule has 1 fully saturated rings. The first kappa shape index (κ1) is 13.3. The van der Waals surface area contributed by atoms with Gasteiger partial charge in [0.1, 0.15) is 0 Å². The maximum Gasteiger partial charge on any atom is 0.226 e. The Kier molecular flexibility index (Phi) is 3.82. The average Bonchev–Trinajstić information content (AvgIpc) is 2.15. The molecular weight excluding hydrogens is 198 g/mol. The first-order valence-electron chi connectivity index (χ1n) is 6.22. The van der Waals surface area contributed by atoms with Crippen molar-refractivity contribution in [2.45, 2.75) is 58.9 Å². The van der Waals surface area contributed by atoms with Crippen LogP contribution in [0.5, 0.6) is 0 Å². The number of carbonyl (C=O) groups is 1. The van der Waals surface area contributed by atoms with Gasteiger partial charge in [-0.2, -0.15) is 0 Å². The summed E-state index contributed by atoms with van der Waals surface area (Å²) in [6.07, 6.45) is 6.26. The second-order valence-corrected chi connectivity index (χ2v) is 6.36. The molecule has 0 heterocycles. The minimum atomic E-state index is -0.204. The fourth-order valence-corrected chi connectivity index (χ4v) is 2.44. The lowest BCUT2D eigenvalue weighted by Crippen LogP contribution is -2.49. The molecule has 0 bridgehead atoms. The highest BCUT2D eigenvalue weighted by atomic mass is 16.2. The Morgan fingerprint density at radius 2 is 2.12 bits per heavy atom. The molecule has 2 nitrogen and oxygen atoms in total. The van der Waals surface area contributed by atoms with Crippen molar-refractivity contribution in [3.05, 3.63) is 12.7 Å². The van der Waals surface area contributed by atoms with Crippen LogP contribution in [0.1, 0.15) is 53.4 Å². The van der Waals surface area contributed by atoms with Gasteiger partial charge >= 0.3 is 0 Å². The van der Waals surface area contributed by atoms with Crippen LogP contribution in [0.4, 0.5) is 0 Å². The Bertz CT molecular complexity index is 277. The molecule has 2 heteroatoms. The molecule has 1 amide bonds. The average molecular weight is 223 g/mol. The Morgan fingerprint density at radius 1 is 1.50 bits per heavy atom. The maximum atomic E-state index is 12.3. The molecular formula is C14H25NO. The van der Waals surface area contributed by atoms with E-state index < -0.39 is 0 Å². The molecule has 0 saturated heterocycles. The zero-order chi connectivity index (χ0) is 12.4. The Morgan fingerprint density at radius 3 is 2.62 bits per heavy atom. The van der Waals surface area contributed by atoms with Crippen molar-refractivity contribution in [3.63, 3.8) is 0 Å². The molecule has 16 heavy (non-hydrogen) atoms. The molecule has 0 aromatic carbocycles. The molecule has 92 valence electrons. The Labute approximate surface area is 99.5 Å². The van der Waals surface area contributed by atoms with Crippen molar-refractivity contribution in [1.82, 2.24) is 5.32 Å². The standard InChI is InChI=1S/C14H25NO/c1-6-11-8-7-9-14(5,10-11)12(16)15-13(2,3)4/h6,11H,1,7-10H2,2-5H3,(H,15,16)/t11-,14+/m0/s1. The van der Waals surface area contributed by atoms with E-state index in [9.17, 15) is 4.79 Å². The summed E-state index contributed by atoms with van der Waals surface area (Å²) < 4.78 is 0. The maximum absolute atomic E-state index is 12.3. The SMILES string of the molecule is C=C[C@H]1CCC[C@@](C)(C(=O)NC(C)(C)C)C1. The zero-order valence-electron chi connectivity index (χ0n) is 11.1. The van der Waals surface area contributed by atoms with E-state index in [0.29, 0.717) is 5.92 Å². The van der Waals surface area contributed by atoms with Gasteiger partial charge in [0.25, 0.3) is 0 Å². The van der Waals surface area contributed by atoms with Gasteiger partial charge in [-0.3, -0.25) is 4.79 Å². The van der Waals surface area contributed by atoms with Crippen molar-refractivity contribution in [2.75, 3.05) is 0 Å². The van der Waals surface area contributed by atoms with E-state index >= 15 is 0 Å². The molecule has 0 unspecified atom stereocenters. The van der Waals surface area contributed by atoms with Gasteiger partial charge in [-0.1, -0.05) is 19.4 Å². The second-order valence-electron chi connectivity index (χ2n) is 6.36. The number of hydrogen-bond donors (Lipinski definition) is 1. The lowest BCUT2D eigenvalue weighted by atomic mass is 9.70. The van der Waals surface area contributed by atoms with Gasteiger partial charge < -0.3 is 5.32 Å². The smallest absolute Gasteiger partial charge is 0.226 e.